The number of fused-ring (bicyclic) bond motifs is 1. The third kappa shape index (κ3) is 3.37. The van der Waals surface area contributed by atoms with E-state index >= 15 is 0 Å². The van der Waals surface area contributed by atoms with Gasteiger partial charge in [0.05, 0.1) is 5.52 Å². The maximum Gasteiger partial charge on any atom is 0.272 e. The van der Waals surface area contributed by atoms with Crippen molar-refractivity contribution in [2.45, 2.75) is 32.2 Å². The lowest BCUT2D eigenvalue weighted by Crippen LogP contribution is -2.40. The van der Waals surface area contributed by atoms with E-state index in [0.29, 0.717) is 12.2 Å². The molecule has 2 aromatic rings. The molecular formula is C14H19BrN4O. The van der Waals surface area contributed by atoms with Crippen molar-refractivity contribution in [3.63, 3.8) is 0 Å². The van der Waals surface area contributed by atoms with Crippen molar-refractivity contribution >= 4 is 32.7 Å². The van der Waals surface area contributed by atoms with Gasteiger partial charge in [-0.05, 0) is 24.6 Å². The zero-order valence-electron chi connectivity index (χ0n) is 11.4. The average molecular weight is 339 g/mol. The Labute approximate surface area is 126 Å². The fourth-order valence-corrected chi connectivity index (χ4v) is 2.47. The molecule has 0 aliphatic rings. The zero-order chi connectivity index (χ0) is 14.5. The predicted molar refractivity (Wildman–Crippen MR) is 83.6 cm³/mol. The molecule has 1 unspecified atom stereocenters. The van der Waals surface area contributed by atoms with Crippen molar-refractivity contribution in [3.05, 3.63) is 28.4 Å². The minimum Gasteiger partial charge on any atom is -0.347 e. The first-order valence-corrected chi connectivity index (χ1v) is 7.59. The van der Waals surface area contributed by atoms with Crippen LogP contribution in [0.3, 0.4) is 0 Å². The number of hydrogen-bond donors (Lipinski definition) is 3. The van der Waals surface area contributed by atoms with E-state index < -0.39 is 0 Å². The number of hydrogen-bond acceptors (Lipinski definition) is 3. The topological polar surface area (TPSA) is 83.8 Å². The number of aromatic amines is 1. The quantitative estimate of drug-likeness (QED) is 0.756. The Morgan fingerprint density at radius 2 is 2.35 bits per heavy atom. The van der Waals surface area contributed by atoms with Crippen LogP contribution < -0.4 is 11.1 Å². The Morgan fingerprint density at radius 3 is 3.05 bits per heavy atom. The van der Waals surface area contributed by atoms with Crippen molar-refractivity contribution in [2.24, 2.45) is 5.73 Å². The SMILES string of the molecule is CCCCC(CN)NC(=O)c1n[nH]c2ccc(Br)cc12. The third-order valence-electron chi connectivity index (χ3n) is 3.27. The molecule has 20 heavy (non-hydrogen) atoms. The van der Waals surface area contributed by atoms with E-state index in [1.165, 1.54) is 0 Å². The van der Waals surface area contributed by atoms with E-state index in [1.807, 2.05) is 18.2 Å². The highest BCUT2D eigenvalue weighted by Gasteiger charge is 2.17. The summed E-state index contributed by atoms with van der Waals surface area (Å²) in [7, 11) is 0. The van der Waals surface area contributed by atoms with Gasteiger partial charge in [0.2, 0.25) is 0 Å². The van der Waals surface area contributed by atoms with E-state index in [4.69, 9.17) is 5.73 Å². The Bertz CT molecular complexity index is 596. The van der Waals surface area contributed by atoms with Crippen LogP contribution in [0.1, 0.15) is 36.7 Å². The minimum atomic E-state index is -0.180. The normalized spacial score (nSPS) is 12.6. The van der Waals surface area contributed by atoms with Gasteiger partial charge < -0.3 is 11.1 Å². The summed E-state index contributed by atoms with van der Waals surface area (Å²) < 4.78 is 0.918. The predicted octanol–water partition coefficient (Wildman–Crippen LogP) is 2.57. The molecule has 1 amide bonds. The first-order chi connectivity index (χ1) is 9.65. The summed E-state index contributed by atoms with van der Waals surface area (Å²) >= 11 is 3.41. The lowest BCUT2D eigenvalue weighted by Gasteiger charge is -2.15. The van der Waals surface area contributed by atoms with E-state index in [1.54, 1.807) is 0 Å². The lowest BCUT2D eigenvalue weighted by atomic mass is 10.1. The summed E-state index contributed by atoms with van der Waals surface area (Å²) in [6.07, 6.45) is 3.03. The first-order valence-electron chi connectivity index (χ1n) is 6.80. The van der Waals surface area contributed by atoms with E-state index in [2.05, 4.69) is 38.4 Å². The number of rotatable bonds is 6. The van der Waals surface area contributed by atoms with Crippen molar-refractivity contribution in [1.82, 2.24) is 15.5 Å². The summed E-state index contributed by atoms with van der Waals surface area (Å²) in [5.74, 6) is -0.180. The summed E-state index contributed by atoms with van der Waals surface area (Å²) in [6, 6.07) is 5.69. The maximum absolute atomic E-state index is 12.3. The molecule has 108 valence electrons. The van der Waals surface area contributed by atoms with E-state index in [9.17, 15) is 4.79 Å². The fourth-order valence-electron chi connectivity index (χ4n) is 2.11. The average Bonchev–Trinajstić information content (AvgIpc) is 2.86. The number of carbonyl (C=O) groups is 1. The van der Waals surface area contributed by atoms with Gasteiger partial charge in [-0.25, -0.2) is 0 Å². The molecule has 0 radical (unpaired) electrons. The first kappa shape index (κ1) is 15.0. The van der Waals surface area contributed by atoms with Gasteiger partial charge in [0, 0.05) is 22.4 Å². The summed E-state index contributed by atoms with van der Waals surface area (Å²) in [6.45, 7) is 2.56. The number of nitrogens with two attached hydrogens (primary N) is 1. The van der Waals surface area contributed by atoms with E-state index in [0.717, 1.165) is 34.6 Å². The van der Waals surface area contributed by atoms with Crippen molar-refractivity contribution in [1.29, 1.82) is 0 Å². The number of halogens is 1. The number of nitrogens with zero attached hydrogens (tertiary/aromatic N) is 1. The van der Waals surface area contributed by atoms with Gasteiger partial charge in [-0.3, -0.25) is 9.89 Å². The Kier molecular flexibility index (Phi) is 5.14. The molecule has 2 rings (SSSR count). The number of H-pyrrole nitrogens is 1. The molecule has 1 heterocycles. The second-order valence-corrected chi connectivity index (χ2v) is 5.73. The van der Waals surface area contributed by atoms with Gasteiger partial charge in [-0.15, -0.1) is 0 Å². The molecule has 0 saturated heterocycles. The van der Waals surface area contributed by atoms with Crippen LogP contribution in [0, 0.1) is 0 Å². The van der Waals surface area contributed by atoms with Gasteiger partial charge in [0.25, 0.3) is 5.91 Å². The molecule has 0 bridgehead atoms. The highest BCUT2D eigenvalue weighted by Crippen LogP contribution is 2.21. The number of carbonyl (C=O) groups excluding carboxylic acids is 1. The smallest absolute Gasteiger partial charge is 0.272 e. The van der Waals surface area contributed by atoms with Crippen LogP contribution in [-0.2, 0) is 0 Å². The molecule has 0 saturated carbocycles. The second-order valence-electron chi connectivity index (χ2n) is 4.81. The summed E-state index contributed by atoms with van der Waals surface area (Å²) in [4.78, 5) is 12.3. The van der Waals surface area contributed by atoms with Gasteiger partial charge in [-0.2, -0.15) is 5.10 Å². The number of unbranched alkanes of at least 4 members (excludes halogenated alkanes) is 1. The van der Waals surface area contributed by atoms with E-state index in [-0.39, 0.29) is 11.9 Å². The maximum atomic E-state index is 12.3. The zero-order valence-corrected chi connectivity index (χ0v) is 13.0. The largest absolute Gasteiger partial charge is 0.347 e. The molecular weight excluding hydrogens is 320 g/mol. The number of nitrogens with one attached hydrogen (secondary N) is 2. The van der Waals surface area contributed by atoms with Crippen molar-refractivity contribution in [3.8, 4) is 0 Å². The fraction of sp³-hybridized carbons (Fsp3) is 0.429. The van der Waals surface area contributed by atoms with Crippen LogP contribution in [-0.4, -0.2) is 28.7 Å². The Hall–Kier alpha value is -1.40. The highest BCUT2D eigenvalue weighted by molar-refractivity contribution is 9.10. The van der Waals surface area contributed by atoms with Crippen molar-refractivity contribution in [2.75, 3.05) is 6.54 Å². The van der Waals surface area contributed by atoms with Crippen LogP contribution in [0.25, 0.3) is 10.9 Å². The molecule has 4 N–H and O–H groups in total. The molecule has 0 aliphatic carbocycles. The van der Waals surface area contributed by atoms with Gasteiger partial charge >= 0.3 is 0 Å². The molecule has 5 nitrogen and oxygen atoms in total. The van der Waals surface area contributed by atoms with Crippen LogP contribution in [0.2, 0.25) is 0 Å². The van der Waals surface area contributed by atoms with Crippen LogP contribution in [0.15, 0.2) is 22.7 Å². The number of amides is 1. The molecule has 1 aromatic carbocycles. The van der Waals surface area contributed by atoms with Gasteiger partial charge in [-0.1, -0.05) is 35.7 Å². The van der Waals surface area contributed by atoms with Crippen LogP contribution >= 0.6 is 15.9 Å². The molecule has 1 atom stereocenters. The molecule has 6 heteroatoms. The van der Waals surface area contributed by atoms with Gasteiger partial charge in [0.1, 0.15) is 0 Å². The van der Waals surface area contributed by atoms with Crippen molar-refractivity contribution < 1.29 is 4.79 Å². The molecule has 0 fully saturated rings. The monoisotopic (exact) mass is 338 g/mol. The number of benzene rings is 1. The highest BCUT2D eigenvalue weighted by atomic mass is 79.9. The Balaban J connectivity index is 2.16. The Morgan fingerprint density at radius 1 is 1.55 bits per heavy atom. The minimum absolute atomic E-state index is 0.00125. The van der Waals surface area contributed by atoms with Crippen LogP contribution in [0.4, 0.5) is 0 Å². The van der Waals surface area contributed by atoms with Gasteiger partial charge in [0.15, 0.2) is 5.69 Å². The lowest BCUT2D eigenvalue weighted by molar-refractivity contribution is 0.0932. The summed E-state index contributed by atoms with van der Waals surface area (Å²) in [5, 5.41) is 10.7. The summed E-state index contributed by atoms with van der Waals surface area (Å²) in [5.41, 5.74) is 6.96. The molecule has 0 spiro atoms. The number of aromatic nitrogens is 2. The van der Waals surface area contributed by atoms with Crippen LogP contribution in [0.5, 0.6) is 0 Å². The molecule has 0 aliphatic heterocycles. The molecule has 1 aromatic heterocycles. The standard InChI is InChI=1S/C14H19BrN4O/c1-2-3-4-10(8-16)17-14(20)13-11-7-9(15)5-6-12(11)18-19-13/h5-7,10H,2-4,8,16H2,1H3,(H,17,20)(H,18,19). The second kappa shape index (κ2) is 6.85. The third-order valence-corrected chi connectivity index (χ3v) is 3.76.